The van der Waals surface area contributed by atoms with Gasteiger partial charge in [-0.3, -0.25) is 0 Å². The van der Waals surface area contributed by atoms with E-state index < -0.39 is 0 Å². The maximum Gasteiger partial charge on any atom is 0.195 e. The molecule has 1 aromatic carbocycles. The van der Waals surface area contributed by atoms with Gasteiger partial charge in [0.1, 0.15) is 5.82 Å². The molecule has 1 atom stereocenters. The van der Waals surface area contributed by atoms with Crippen LogP contribution in [0.5, 0.6) is 0 Å². The first-order valence-corrected chi connectivity index (χ1v) is 6.29. The van der Waals surface area contributed by atoms with Crippen LogP contribution in [0.1, 0.15) is 24.4 Å². The lowest BCUT2D eigenvalue weighted by molar-refractivity contribution is 0.765. The fourth-order valence-corrected chi connectivity index (χ4v) is 2.26. The summed E-state index contributed by atoms with van der Waals surface area (Å²) < 4.78 is 1.98. The van der Waals surface area contributed by atoms with Crippen molar-refractivity contribution in [1.82, 2.24) is 14.8 Å². The van der Waals surface area contributed by atoms with Crippen LogP contribution in [0.2, 0.25) is 0 Å². The minimum atomic E-state index is 0.0751. The number of rotatable bonds is 3. The van der Waals surface area contributed by atoms with Gasteiger partial charge >= 0.3 is 0 Å². The SMILES string of the molecule is Cc1nnc(Sc2ccc([C@@H](C)N)cc2)n1C. The van der Waals surface area contributed by atoms with Gasteiger partial charge in [0.15, 0.2) is 5.16 Å². The maximum absolute atomic E-state index is 5.81. The van der Waals surface area contributed by atoms with E-state index in [1.165, 1.54) is 0 Å². The Morgan fingerprint density at radius 2 is 1.88 bits per heavy atom. The van der Waals surface area contributed by atoms with Crippen molar-refractivity contribution in [2.24, 2.45) is 12.8 Å². The number of benzene rings is 1. The van der Waals surface area contributed by atoms with Crippen molar-refractivity contribution in [2.45, 2.75) is 29.9 Å². The van der Waals surface area contributed by atoms with E-state index in [2.05, 4.69) is 34.5 Å². The van der Waals surface area contributed by atoms with E-state index in [0.717, 1.165) is 21.4 Å². The average Bonchev–Trinajstić information content (AvgIpc) is 2.62. The minimum absolute atomic E-state index is 0.0751. The number of aryl methyl sites for hydroxylation is 1. The van der Waals surface area contributed by atoms with Crippen molar-refractivity contribution in [3.05, 3.63) is 35.7 Å². The molecule has 0 saturated carbocycles. The van der Waals surface area contributed by atoms with Crippen molar-refractivity contribution in [3.63, 3.8) is 0 Å². The summed E-state index contributed by atoms with van der Waals surface area (Å²) in [5, 5.41) is 9.05. The third kappa shape index (κ3) is 2.68. The molecule has 1 aromatic heterocycles. The molecule has 0 unspecified atom stereocenters. The van der Waals surface area contributed by atoms with Crippen LogP contribution < -0.4 is 5.73 Å². The molecule has 17 heavy (non-hydrogen) atoms. The lowest BCUT2D eigenvalue weighted by atomic mass is 10.1. The molecule has 2 N–H and O–H groups in total. The summed E-state index contributed by atoms with van der Waals surface area (Å²) >= 11 is 1.60. The summed E-state index contributed by atoms with van der Waals surface area (Å²) in [6.45, 7) is 3.92. The molecule has 2 aromatic rings. The molecule has 0 aliphatic heterocycles. The van der Waals surface area contributed by atoms with Crippen molar-refractivity contribution < 1.29 is 0 Å². The molecule has 0 radical (unpaired) electrons. The molecule has 2 rings (SSSR count). The van der Waals surface area contributed by atoms with Gasteiger partial charge in [-0.05, 0) is 43.3 Å². The van der Waals surface area contributed by atoms with Crippen LogP contribution >= 0.6 is 11.8 Å². The standard InChI is InChI=1S/C12H16N4S/c1-8(13)10-4-6-11(7-5-10)17-12-15-14-9(2)16(12)3/h4-8H,13H2,1-3H3/t8-/m1/s1. The zero-order valence-electron chi connectivity index (χ0n) is 10.2. The second-order valence-electron chi connectivity index (χ2n) is 4.05. The molecule has 4 nitrogen and oxygen atoms in total. The summed E-state index contributed by atoms with van der Waals surface area (Å²) in [6, 6.07) is 8.30. The summed E-state index contributed by atoms with van der Waals surface area (Å²) in [4.78, 5) is 1.14. The van der Waals surface area contributed by atoms with E-state index >= 15 is 0 Å². The van der Waals surface area contributed by atoms with E-state index in [-0.39, 0.29) is 6.04 Å². The van der Waals surface area contributed by atoms with Crippen molar-refractivity contribution in [1.29, 1.82) is 0 Å². The highest BCUT2D eigenvalue weighted by Crippen LogP contribution is 2.26. The highest BCUT2D eigenvalue weighted by molar-refractivity contribution is 7.99. The van der Waals surface area contributed by atoms with Crippen LogP contribution in [0.4, 0.5) is 0 Å². The predicted octanol–water partition coefficient (Wildman–Crippen LogP) is 2.29. The molecule has 0 amide bonds. The Hall–Kier alpha value is -1.33. The minimum Gasteiger partial charge on any atom is -0.324 e. The third-order valence-corrected chi connectivity index (χ3v) is 3.71. The Balaban J connectivity index is 2.17. The Morgan fingerprint density at radius 3 is 2.35 bits per heavy atom. The van der Waals surface area contributed by atoms with Crippen molar-refractivity contribution >= 4 is 11.8 Å². The van der Waals surface area contributed by atoms with E-state index in [1.54, 1.807) is 11.8 Å². The second-order valence-corrected chi connectivity index (χ2v) is 5.09. The molecule has 0 aliphatic carbocycles. The van der Waals surface area contributed by atoms with Gasteiger partial charge in [0.2, 0.25) is 0 Å². The molecule has 5 heteroatoms. The van der Waals surface area contributed by atoms with Gasteiger partial charge in [0, 0.05) is 18.0 Å². The van der Waals surface area contributed by atoms with Crippen LogP contribution in [0.15, 0.2) is 34.3 Å². The summed E-state index contributed by atoms with van der Waals surface area (Å²) in [5.74, 6) is 0.916. The van der Waals surface area contributed by atoms with E-state index in [1.807, 2.05) is 25.5 Å². The zero-order chi connectivity index (χ0) is 12.4. The maximum atomic E-state index is 5.81. The van der Waals surface area contributed by atoms with E-state index in [4.69, 9.17) is 5.73 Å². The first-order chi connectivity index (χ1) is 8.08. The molecular formula is C12H16N4S. The Morgan fingerprint density at radius 1 is 1.24 bits per heavy atom. The number of hydrogen-bond donors (Lipinski definition) is 1. The third-order valence-electron chi connectivity index (χ3n) is 2.67. The fraction of sp³-hybridized carbons (Fsp3) is 0.333. The Labute approximate surface area is 105 Å². The predicted molar refractivity (Wildman–Crippen MR) is 68.9 cm³/mol. The van der Waals surface area contributed by atoms with Crippen LogP contribution in [0, 0.1) is 6.92 Å². The highest BCUT2D eigenvalue weighted by atomic mass is 32.2. The highest BCUT2D eigenvalue weighted by Gasteiger charge is 2.07. The topological polar surface area (TPSA) is 56.7 Å². The number of nitrogens with zero attached hydrogens (tertiary/aromatic N) is 3. The lowest BCUT2D eigenvalue weighted by Gasteiger charge is -2.06. The summed E-state index contributed by atoms with van der Waals surface area (Å²) in [7, 11) is 1.97. The molecule has 0 bridgehead atoms. The Kier molecular flexibility index (Phi) is 3.49. The van der Waals surface area contributed by atoms with Gasteiger partial charge in [-0.2, -0.15) is 0 Å². The molecular weight excluding hydrogens is 232 g/mol. The second kappa shape index (κ2) is 4.89. The average molecular weight is 248 g/mol. The number of aromatic nitrogens is 3. The molecule has 90 valence electrons. The van der Waals surface area contributed by atoms with Gasteiger partial charge in [0.25, 0.3) is 0 Å². The largest absolute Gasteiger partial charge is 0.324 e. The molecule has 1 heterocycles. The molecule has 0 spiro atoms. The van der Waals surface area contributed by atoms with Crippen LogP contribution in [0.3, 0.4) is 0 Å². The van der Waals surface area contributed by atoms with Crippen LogP contribution in [-0.2, 0) is 7.05 Å². The summed E-state index contributed by atoms with van der Waals surface area (Å²) in [6.07, 6.45) is 0. The smallest absolute Gasteiger partial charge is 0.195 e. The quantitative estimate of drug-likeness (QED) is 0.905. The Bertz CT molecular complexity index is 502. The van der Waals surface area contributed by atoms with Gasteiger partial charge in [-0.1, -0.05) is 12.1 Å². The van der Waals surface area contributed by atoms with E-state index in [9.17, 15) is 0 Å². The van der Waals surface area contributed by atoms with Crippen molar-refractivity contribution in [3.8, 4) is 0 Å². The van der Waals surface area contributed by atoms with Gasteiger partial charge < -0.3 is 10.3 Å². The van der Waals surface area contributed by atoms with E-state index in [0.29, 0.717) is 0 Å². The summed E-state index contributed by atoms with van der Waals surface area (Å²) in [5.41, 5.74) is 6.95. The van der Waals surface area contributed by atoms with Crippen LogP contribution in [0.25, 0.3) is 0 Å². The first kappa shape index (κ1) is 12.1. The van der Waals surface area contributed by atoms with Crippen molar-refractivity contribution in [2.75, 3.05) is 0 Å². The molecule has 0 saturated heterocycles. The lowest BCUT2D eigenvalue weighted by Crippen LogP contribution is -2.04. The monoisotopic (exact) mass is 248 g/mol. The molecule has 0 fully saturated rings. The fourth-order valence-electron chi connectivity index (χ4n) is 1.42. The van der Waals surface area contributed by atoms with Gasteiger partial charge in [-0.25, -0.2) is 0 Å². The number of nitrogens with two attached hydrogens (primary N) is 1. The van der Waals surface area contributed by atoms with Gasteiger partial charge in [-0.15, -0.1) is 10.2 Å². The van der Waals surface area contributed by atoms with Gasteiger partial charge in [0.05, 0.1) is 0 Å². The number of hydrogen-bond acceptors (Lipinski definition) is 4. The molecule has 0 aliphatic rings. The first-order valence-electron chi connectivity index (χ1n) is 5.47. The normalized spacial score (nSPS) is 12.7. The van der Waals surface area contributed by atoms with Crippen LogP contribution in [-0.4, -0.2) is 14.8 Å². The zero-order valence-corrected chi connectivity index (χ0v) is 11.0.